The predicted molar refractivity (Wildman–Crippen MR) is 66.3 cm³/mol. The predicted octanol–water partition coefficient (Wildman–Crippen LogP) is 2.99. The number of hydrogen-bond acceptors (Lipinski definition) is 2. The van der Waals surface area contributed by atoms with Crippen LogP contribution >= 0.6 is 0 Å². The first-order valence-corrected chi connectivity index (χ1v) is 5.28. The Hall–Kier alpha value is -2.49. The highest BCUT2D eigenvalue weighted by Crippen LogP contribution is 2.25. The minimum atomic E-state index is -1.04. The van der Waals surface area contributed by atoms with Gasteiger partial charge in [-0.2, -0.15) is 0 Å². The van der Waals surface area contributed by atoms with Crippen LogP contribution in [0.25, 0.3) is 17.2 Å². The minimum absolute atomic E-state index is 0.374. The molecule has 0 fully saturated rings. The van der Waals surface area contributed by atoms with Crippen molar-refractivity contribution < 1.29 is 14.3 Å². The van der Waals surface area contributed by atoms with Crippen molar-refractivity contribution in [3.05, 3.63) is 60.2 Å². The molecular formula is C14H10FNO2. The summed E-state index contributed by atoms with van der Waals surface area (Å²) in [6.07, 6.45) is 5.68. The number of aliphatic carboxylic acids is 1. The molecule has 1 aromatic carbocycles. The lowest BCUT2D eigenvalue weighted by Crippen LogP contribution is -1.89. The second kappa shape index (κ2) is 5.23. The average Bonchev–Trinajstić information content (AvgIpc) is 2.38. The van der Waals surface area contributed by atoms with Crippen LogP contribution in [-0.4, -0.2) is 16.1 Å². The Morgan fingerprint density at radius 3 is 2.83 bits per heavy atom. The largest absolute Gasteiger partial charge is 0.478 e. The van der Waals surface area contributed by atoms with E-state index < -0.39 is 5.97 Å². The average molecular weight is 243 g/mol. The summed E-state index contributed by atoms with van der Waals surface area (Å²) < 4.78 is 13.3. The van der Waals surface area contributed by atoms with Gasteiger partial charge < -0.3 is 5.11 Å². The van der Waals surface area contributed by atoms with Gasteiger partial charge in [-0.1, -0.05) is 12.1 Å². The molecule has 0 spiro atoms. The van der Waals surface area contributed by atoms with Crippen molar-refractivity contribution in [3.63, 3.8) is 0 Å². The third kappa shape index (κ3) is 2.79. The number of carboxylic acid groups (broad SMARTS) is 1. The molecule has 0 amide bonds. The highest BCUT2D eigenvalue weighted by atomic mass is 19.1. The first-order valence-electron chi connectivity index (χ1n) is 5.28. The van der Waals surface area contributed by atoms with Gasteiger partial charge in [0.25, 0.3) is 0 Å². The van der Waals surface area contributed by atoms with Crippen molar-refractivity contribution in [2.24, 2.45) is 0 Å². The maximum atomic E-state index is 13.3. The monoisotopic (exact) mass is 243 g/mol. The van der Waals surface area contributed by atoms with E-state index in [1.54, 1.807) is 24.5 Å². The Bertz CT molecular complexity index is 594. The summed E-state index contributed by atoms with van der Waals surface area (Å²) in [4.78, 5) is 14.5. The van der Waals surface area contributed by atoms with E-state index >= 15 is 0 Å². The molecule has 0 aliphatic heterocycles. The number of hydrogen-bond donors (Lipinski definition) is 1. The number of carboxylic acids is 1. The lowest BCUT2D eigenvalue weighted by Gasteiger charge is -2.05. The van der Waals surface area contributed by atoms with Crippen molar-refractivity contribution in [3.8, 4) is 11.1 Å². The van der Waals surface area contributed by atoms with E-state index in [1.165, 1.54) is 24.3 Å². The lowest BCUT2D eigenvalue weighted by atomic mass is 10.0. The molecule has 0 radical (unpaired) electrons. The molecule has 3 nitrogen and oxygen atoms in total. The maximum absolute atomic E-state index is 13.3. The molecule has 1 N–H and O–H groups in total. The first-order chi connectivity index (χ1) is 8.66. The standard InChI is InChI=1S/C14H10FNO2/c15-12-5-3-10(4-6-14(17)18)13(8-12)11-2-1-7-16-9-11/h1-9H,(H,17,18)/b6-4+. The molecule has 4 heteroatoms. The smallest absolute Gasteiger partial charge is 0.328 e. The van der Waals surface area contributed by atoms with Crippen LogP contribution in [0.5, 0.6) is 0 Å². The fraction of sp³-hybridized carbons (Fsp3) is 0. The normalized spacial score (nSPS) is 10.7. The summed E-state index contributed by atoms with van der Waals surface area (Å²) in [6.45, 7) is 0. The van der Waals surface area contributed by atoms with Crippen LogP contribution in [0.3, 0.4) is 0 Å². The van der Waals surface area contributed by atoms with Crippen LogP contribution in [-0.2, 0) is 4.79 Å². The van der Waals surface area contributed by atoms with Crippen LogP contribution in [0.2, 0.25) is 0 Å². The Labute approximate surface area is 103 Å². The second-order valence-electron chi connectivity index (χ2n) is 3.64. The summed E-state index contributed by atoms with van der Waals surface area (Å²) in [5.41, 5.74) is 1.98. The number of rotatable bonds is 3. The zero-order valence-electron chi connectivity index (χ0n) is 9.38. The van der Waals surface area contributed by atoms with Gasteiger partial charge in [0.1, 0.15) is 5.82 Å². The number of carbonyl (C=O) groups is 1. The SMILES string of the molecule is O=C(O)/C=C/c1ccc(F)cc1-c1cccnc1. The Kier molecular flexibility index (Phi) is 3.48. The molecule has 18 heavy (non-hydrogen) atoms. The molecule has 0 unspecified atom stereocenters. The van der Waals surface area contributed by atoms with Gasteiger partial charge >= 0.3 is 5.97 Å². The van der Waals surface area contributed by atoms with E-state index in [1.807, 2.05) is 0 Å². The molecule has 0 saturated heterocycles. The Morgan fingerprint density at radius 1 is 1.33 bits per heavy atom. The van der Waals surface area contributed by atoms with Crippen LogP contribution in [0, 0.1) is 5.82 Å². The molecule has 0 aliphatic carbocycles. The van der Waals surface area contributed by atoms with Crippen LogP contribution in [0.1, 0.15) is 5.56 Å². The Morgan fingerprint density at radius 2 is 2.17 bits per heavy atom. The fourth-order valence-electron chi connectivity index (χ4n) is 1.61. The number of halogens is 1. The second-order valence-corrected chi connectivity index (χ2v) is 3.64. The number of aromatic nitrogens is 1. The van der Waals surface area contributed by atoms with Gasteiger partial charge in [-0.05, 0) is 35.4 Å². The quantitative estimate of drug-likeness (QED) is 0.843. The number of pyridine rings is 1. The third-order valence-corrected chi connectivity index (χ3v) is 2.39. The van der Waals surface area contributed by atoms with Gasteiger partial charge in [-0.3, -0.25) is 4.98 Å². The van der Waals surface area contributed by atoms with E-state index in [0.29, 0.717) is 11.1 Å². The van der Waals surface area contributed by atoms with E-state index in [9.17, 15) is 9.18 Å². The maximum Gasteiger partial charge on any atom is 0.328 e. The Balaban J connectivity index is 2.51. The zero-order valence-corrected chi connectivity index (χ0v) is 9.38. The van der Waals surface area contributed by atoms with E-state index in [2.05, 4.69) is 4.98 Å². The zero-order chi connectivity index (χ0) is 13.0. The van der Waals surface area contributed by atoms with Crippen LogP contribution in [0.15, 0.2) is 48.8 Å². The number of benzene rings is 1. The molecule has 0 atom stereocenters. The summed E-state index contributed by atoms with van der Waals surface area (Å²) >= 11 is 0. The molecule has 0 saturated carbocycles. The van der Waals surface area contributed by atoms with Crippen molar-refractivity contribution in [1.29, 1.82) is 0 Å². The lowest BCUT2D eigenvalue weighted by molar-refractivity contribution is -0.131. The molecule has 2 aromatic rings. The first kappa shape index (κ1) is 12.0. The van der Waals surface area contributed by atoms with Gasteiger partial charge in [0.15, 0.2) is 0 Å². The summed E-state index contributed by atoms with van der Waals surface area (Å²) in [5, 5.41) is 8.62. The molecule has 2 rings (SSSR count). The number of nitrogens with zero attached hydrogens (tertiary/aromatic N) is 1. The van der Waals surface area contributed by atoms with Crippen LogP contribution < -0.4 is 0 Å². The molecule has 90 valence electrons. The van der Waals surface area contributed by atoms with Gasteiger partial charge in [0, 0.05) is 24.0 Å². The molecular weight excluding hydrogens is 233 g/mol. The molecule has 1 aromatic heterocycles. The van der Waals surface area contributed by atoms with Gasteiger partial charge in [-0.25, -0.2) is 9.18 Å². The van der Waals surface area contributed by atoms with Gasteiger partial charge in [0.05, 0.1) is 0 Å². The van der Waals surface area contributed by atoms with Gasteiger partial charge in [0.2, 0.25) is 0 Å². The van der Waals surface area contributed by atoms with Gasteiger partial charge in [-0.15, -0.1) is 0 Å². The van der Waals surface area contributed by atoms with Crippen molar-refractivity contribution in [1.82, 2.24) is 4.98 Å². The van der Waals surface area contributed by atoms with E-state index in [0.717, 1.165) is 11.6 Å². The molecule has 0 bridgehead atoms. The van der Waals surface area contributed by atoms with E-state index in [4.69, 9.17) is 5.11 Å². The fourth-order valence-corrected chi connectivity index (χ4v) is 1.61. The topological polar surface area (TPSA) is 50.2 Å². The summed E-state index contributed by atoms with van der Waals surface area (Å²) in [7, 11) is 0. The highest BCUT2D eigenvalue weighted by molar-refractivity contribution is 5.87. The van der Waals surface area contributed by atoms with Crippen LogP contribution in [0.4, 0.5) is 4.39 Å². The van der Waals surface area contributed by atoms with Crippen molar-refractivity contribution >= 4 is 12.0 Å². The minimum Gasteiger partial charge on any atom is -0.478 e. The highest BCUT2D eigenvalue weighted by Gasteiger charge is 2.05. The molecule has 1 heterocycles. The van der Waals surface area contributed by atoms with Crippen molar-refractivity contribution in [2.75, 3.05) is 0 Å². The van der Waals surface area contributed by atoms with E-state index in [-0.39, 0.29) is 5.82 Å². The van der Waals surface area contributed by atoms with Crippen molar-refractivity contribution in [2.45, 2.75) is 0 Å². The molecule has 0 aliphatic rings. The summed E-state index contributed by atoms with van der Waals surface area (Å²) in [6, 6.07) is 7.72. The summed E-state index contributed by atoms with van der Waals surface area (Å²) in [5.74, 6) is -1.42. The third-order valence-electron chi connectivity index (χ3n) is 2.39.